The average molecular weight is 281 g/mol. The van der Waals surface area contributed by atoms with Crippen LogP contribution in [0.1, 0.15) is 0 Å². The van der Waals surface area contributed by atoms with Gasteiger partial charge in [0.05, 0.1) is 10.5 Å². The van der Waals surface area contributed by atoms with Crippen LogP contribution in [0.15, 0.2) is 29.2 Å². The zero-order chi connectivity index (χ0) is 12.7. The van der Waals surface area contributed by atoms with Gasteiger partial charge in [-0.3, -0.25) is 4.79 Å². The van der Waals surface area contributed by atoms with Crippen molar-refractivity contribution in [2.45, 2.75) is 0 Å². The van der Waals surface area contributed by atoms with Gasteiger partial charge >= 0.3 is 0 Å². The summed E-state index contributed by atoms with van der Waals surface area (Å²) in [7, 11) is 0. The molecule has 7 heteroatoms. The van der Waals surface area contributed by atoms with E-state index in [1.54, 1.807) is 18.3 Å². The van der Waals surface area contributed by atoms with Crippen LogP contribution in [0, 0.1) is 0 Å². The van der Waals surface area contributed by atoms with E-state index in [9.17, 15) is 4.79 Å². The van der Waals surface area contributed by atoms with Crippen molar-refractivity contribution < 1.29 is 0 Å². The average Bonchev–Trinajstić information content (AvgIpc) is 2.73. The Labute approximate surface area is 111 Å². The smallest absolute Gasteiger partial charge is 0.247 e. The fourth-order valence-electron chi connectivity index (χ4n) is 1.59. The summed E-state index contributed by atoms with van der Waals surface area (Å²) in [5.41, 5.74) is 1.75. The second-order valence-corrected chi connectivity index (χ2v) is 4.42. The van der Waals surface area contributed by atoms with E-state index >= 15 is 0 Å². The molecule has 0 unspecified atom stereocenters. The van der Waals surface area contributed by atoms with Crippen molar-refractivity contribution in [3.8, 4) is 11.4 Å². The van der Waals surface area contributed by atoms with Crippen molar-refractivity contribution in [1.29, 1.82) is 0 Å². The normalized spacial score (nSPS) is 11.0. The highest BCUT2D eigenvalue weighted by atomic mass is 35.5. The molecule has 3 heterocycles. The van der Waals surface area contributed by atoms with Crippen molar-refractivity contribution in [2.24, 2.45) is 0 Å². The number of imidazole rings is 1. The summed E-state index contributed by atoms with van der Waals surface area (Å²) in [5.74, 6) is 0.590. The van der Waals surface area contributed by atoms with Crippen LogP contribution in [0.25, 0.3) is 22.6 Å². The van der Waals surface area contributed by atoms with Crippen molar-refractivity contribution in [1.82, 2.24) is 19.9 Å². The number of halogens is 2. The second-order valence-electron chi connectivity index (χ2n) is 3.66. The van der Waals surface area contributed by atoms with Gasteiger partial charge in [-0.25, -0.2) is 9.97 Å². The largest absolute Gasteiger partial charge is 0.336 e. The highest BCUT2D eigenvalue weighted by Crippen LogP contribution is 2.25. The van der Waals surface area contributed by atoms with E-state index in [0.29, 0.717) is 22.0 Å². The predicted molar refractivity (Wildman–Crippen MR) is 70.0 cm³/mol. The van der Waals surface area contributed by atoms with Crippen molar-refractivity contribution in [2.75, 3.05) is 0 Å². The number of fused-ring (bicyclic) bond motifs is 1. The van der Waals surface area contributed by atoms with Crippen molar-refractivity contribution in [3.05, 3.63) is 44.9 Å². The fraction of sp³-hybridized carbons (Fsp3) is 0. The molecule has 0 bridgehead atoms. The van der Waals surface area contributed by atoms with Crippen LogP contribution < -0.4 is 5.56 Å². The summed E-state index contributed by atoms with van der Waals surface area (Å²) < 4.78 is 0. The number of nitrogens with zero attached hydrogens (tertiary/aromatic N) is 2. The molecule has 3 aromatic rings. The van der Waals surface area contributed by atoms with Gasteiger partial charge in [-0.2, -0.15) is 0 Å². The third kappa shape index (κ3) is 1.87. The number of hydrogen-bond donors (Lipinski definition) is 2. The Hall–Kier alpha value is -1.85. The molecule has 0 atom stereocenters. The molecule has 90 valence electrons. The molecule has 0 aromatic carbocycles. The van der Waals surface area contributed by atoms with E-state index in [1.807, 2.05) is 0 Å². The SMILES string of the molecule is O=c1ccc(-c2nc3nc(Cl)c(Cl)cc3[nH]2)c[nH]1. The standard InChI is InChI=1S/C11H6Cl2N4O/c12-6-3-7-11(16-9(6)13)17-10(15-7)5-1-2-8(18)14-4-5/h1-4H,(H,14,18)(H,15,16,17). The molecule has 0 aliphatic heterocycles. The second kappa shape index (κ2) is 4.12. The monoisotopic (exact) mass is 280 g/mol. The maximum absolute atomic E-state index is 11.0. The van der Waals surface area contributed by atoms with Crippen molar-refractivity contribution in [3.63, 3.8) is 0 Å². The number of hydrogen-bond acceptors (Lipinski definition) is 3. The number of H-pyrrole nitrogens is 2. The Balaban J connectivity index is 2.19. The van der Waals surface area contributed by atoms with Crippen molar-refractivity contribution >= 4 is 34.4 Å². The summed E-state index contributed by atoms with van der Waals surface area (Å²) in [6.45, 7) is 0. The van der Waals surface area contributed by atoms with Gasteiger partial charge in [-0.05, 0) is 12.1 Å². The van der Waals surface area contributed by atoms with Crippen LogP contribution >= 0.6 is 23.2 Å². The molecular weight excluding hydrogens is 275 g/mol. The summed E-state index contributed by atoms with van der Waals surface area (Å²) in [4.78, 5) is 25.0. The topological polar surface area (TPSA) is 74.4 Å². The maximum Gasteiger partial charge on any atom is 0.247 e. The third-order valence-corrected chi connectivity index (χ3v) is 3.11. The van der Waals surface area contributed by atoms with Gasteiger partial charge in [0, 0.05) is 17.8 Å². The molecule has 0 saturated heterocycles. The highest BCUT2D eigenvalue weighted by molar-refractivity contribution is 6.41. The fourth-order valence-corrected chi connectivity index (χ4v) is 1.88. The van der Waals surface area contributed by atoms with E-state index < -0.39 is 0 Å². The van der Waals surface area contributed by atoms with Crippen LogP contribution in [-0.4, -0.2) is 19.9 Å². The molecule has 0 radical (unpaired) electrons. The first-order valence-electron chi connectivity index (χ1n) is 5.04. The van der Waals surface area contributed by atoms with E-state index in [2.05, 4.69) is 19.9 Å². The third-order valence-electron chi connectivity index (χ3n) is 2.44. The number of aromatic nitrogens is 4. The molecule has 3 aromatic heterocycles. The number of nitrogens with one attached hydrogen (secondary N) is 2. The minimum Gasteiger partial charge on any atom is -0.336 e. The molecule has 2 N–H and O–H groups in total. The Kier molecular flexibility index (Phi) is 2.57. The Morgan fingerprint density at radius 2 is 2.00 bits per heavy atom. The Morgan fingerprint density at radius 1 is 1.17 bits per heavy atom. The first-order chi connectivity index (χ1) is 8.63. The lowest BCUT2D eigenvalue weighted by molar-refractivity contribution is 1.21. The highest BCUT2D eigenvalue weighted by Gasteiger charge is 2.09. The first-order valence-corrected chi connectivity index (χ1v) is 5.80. The van der Waals surface area contributed by atoms with Gasteiger partial charge in [0.1, 0.15) is 11.0 Å². The van der Waals surface area contributed by atoms with Gasteiger partial charge in [-0.1, -0.05) is 23.2 Å². The maximum atomic E-state index is 11.0. The minimum atomic E-state index is -0.168. The Bertz CT molecular complexity index is 734. The van der Waals surface area contributed by atoms with Gasteiger partial charge in [-0.15, -0.1) is 0 Å². The summed E-state index contributed by atoms with van der Waals surface area (Å²) >= 11 is 11.7. The Morgan fingerprint density at radius 3 is 2.72 bits per heavy atom. The quantitative estimate of drug-likeness (QED) is 0.673. The van der Waals surface area contributed by atoms with Crippen LogP contribution in [0.3, 0.4) is 0 Å². The molecule has 0 saturated carbocycles. The number of rotatable bonds is 1. The van der Waals surface area contributed by atoms with E-state index in [-0.39, 0.29) is 10.7 Å². The summed E-state index contributed by atoms with van der Waals surface area (Å²) in [6.07, 6.45) is 1.57. The molecule has 3 rings (SSSR count). The number of pyridine rings is 2. The molecular formula is C11H6Cl2N4O. The van der Waals surface area contributed by atoms with Crippen LogP contribution in [-0.2, 0) is 0 Å². The lowest BCUT2D eigenvalue weighted by Crippen LogP contribution is -2.01. The molecule has 0 spiro atoms. The zero-order valence-corrected chi connectivity index (χ0v) is 10.4. The molecule has 0 aliphatic rings. The molecule has 0 amide bonds. The molecule has 0 fully saturated rings. The number of aromatic amines is 2. The molecule has 18 heavy (non-hydrogen) atoms. The van der Waals surface area contributed by atoms with E-state index in [0.717, 1.165) is 5.56 Å². The van der Waals surface area contributed by atoms with E-state index in [1.165, 1.54) is 6.07 Å². The van der Waals surface area contributed by atoms with E-state index in [4.69, 9.17) is 23.2 Å². The first kappa shape index (κ1) is 11.3. The minimum absolute atomic E-state index is 0.168. The molecule has 5 nitrogen and oxygen atoms in total. The lowest BCUT2D eigenvalue weighted by atomic mass is 10.3. The summed E-state index contributed by atoms with van der Waals surface area (Å²) in [6, 6.07) is 4.75. The lowest BCUT2D eigenvalue weighted by Gasteiger charge is -1.93. The van der Waals surface area contributed by atoms with Gasteiger partial charge in [0.25, 0.3) is 0 Å². The van der Waals surface area contributed by atoms with Gasteiger partial charge in [0.15, 0.2) is 5.65 Å². The van der Waals surface area contributed by atoms with Crippen LogP contribution in [0.5, 0.6) is 0 Å². The van der Waals surface area contributed by atoms with Gasteiger partial charge < -0.3 is 9.97 Å². The van der Waals surface area contributed by atoms with Crippen LogP contribution in [0.4, 0.5) is 0 Å². The molecule has 0 aliphatic carbocycles. The predicted octanol–water partition coefficient (Wildman–Crippen LogP) is 2.62. The summed E-state index contributed by atoms with van der Waals surface area (Å²) in [5, 5.41) is 0.574. The zero-order valence-electron chi connectivity index (χ0n) is 8.87. The van der Waals surface area contributed by atoms with Crippen LogP contribution in [0.2, 0.25) is 10.2 Å². The van der Waals surface area contributed by atoms with Gasteiger partial charge in [0.2, 0.25) is 5.56 Å².